The lowest BCUT2D eigenvalue weighted by Gasteiger charge is -2.23. The van der Waals surface area contributed by atoms with Crippen molar-refractivity contribution in [3.63, 3.8) is 0 Å². The van der Waals surface area contributed by atoms with Crippen molar-refractivity contribution < 1.29 is 50.5 Å². The summed E-state index contributed by atoms with van der Waals surface area (Å²) in [6.45, 7) is 2.75. The SMILES string of the molecule is CC1(C)Oc2cc(O)c(Br)c(C(=O)OC(C(F)(F)F)C(F)(F)F)c2O1. The van der Waals surface area contributed by atoms with Crippen molar-refractivity contribution in [1.82, 2.24) is 0 Å². The first-order chi connectivity index (χ1) is 11.1. The van der Waals surface area contributed by atoms with Crippen LogP contribution in [0.15, 0.2) is 10.5 Å². The number of ether oxygens (including phenoxy) is 3. The second-order valence-electron chi connectivity index (χ2n) is 5.38. The average Bonchev–Trinajstić information content (AvgIpc) is 2.68. The highest BCUT2D eigenvalue weighted by atomic mass is 79.9. The summed E-state index contributed by atoms with van der Waals surface area (Å²) >= 11 is 2.71. The molecule has 1 heterocycles. The molecular formula is C13H9BrF6O5. The Kier molecular flexibility index (Phi) is 4.56. The maximum absolute atomic E-state index is 12.6. The number of phenolic OH excluding ortho intramolecular Hbond substituents is 1. The van der Waals surface area contributed by atoms with Crippen molar-refractivity contribution in [3.05, 3.63) is 16.1 Å². The third-order valence-electron chi connectivity index (χ3n) is 2.89. The quantitative estimate of drug-likeness (QED) is 0.550. The molecule has 0 atom stereocenters. The summed E-state index contributed by atoms with van der Waals surface area (Å²) in [5.74, 6) is -4.73. The molecule has 0 unspecified atom stereocenters. The van der Waals surface area contributed by atoms with E-state index in [9.17, 15) is 36.2 Å². The van der Waals surface area contributed by atoms with E-state index in [1.54, 1.807) is 0 Å². The molecule has 0 amide bonds. The van der Waals surface area contributed by atoms with E-state index in [0.29, 0.717) is 0 Å². The van der Waals surface area contributed by atoms with E-state index in [1.165, 1.54) is 13.8 Å². The topological polar surface area (TPSA) is 65.0 Å². The van der Waals surface area contributed by atoms with Crippen LogP contribution in [0.4, 0.5) is 26.3 Å². The highest BCUT2D eigenvalue weighted by Crippen LogP contribution is 2.49. The first-order valence-electron chi connectivity index (χ1n) is 6.41. The number of hydrogen-bond acceptors (Lipinski definition) is 5. The van der Waals surface area contributed by atoms with Gasteiger partial charge in [-0.15, -0.1) is 0 Å². The number of benzene rings is 1. The molecule has 2 rings (SSSR count). The van der Waals surface area contributed by atoms with Crippen molar-refractivity contribution in [1.29, 1.82) is 0 Å². The van der Waals surface area contributed by atoms with Crippen LogP contribution in [0.5, 0.6) is 17.2 Å². The molecule has 1 N–H and O–H groups in total. The van der Waals surface area contributed by atoms with Crippen molar-refractivity contribution in [2.24, 2.45) is 0 Å². The maximum atomic E-state index is 12.6. The predicted octanol–water partition coefficient (Wildman–Crippen LogP) is 4.31. The van der Waals surface area contributed by atoms with Gasteiger partial charge in [-0.1, -0.05) is 0 Å². The van der Waals surface area contributed by atoms with Gasteiger partial charge in [-0.05, 0) is 15.9 Å². The summed E-state index contributed by atoms with van der Waals surface area (Å²) in [4.78, 5) is 12.0. The van der Waals surface area contributed by atoms with Gasteiger partial charge < -0.3 is 19.3 Å². The van der Waals surface area contributed by atoms with Gasteiger partial charge in [-0.3, -0.25) is 0 Å². The van der Waals surface area contributed by atoms with Crippen molar-refractivity contribution >= 4 is 21.9 Å². The van der Waals surface area contributed by atoms with Gasteiger partial charge >= 0.3 is 18.3 Å². The highest BCUT2D eigenvalue weighted by Gasteiger charge is 2.60. The fourth-order valence-corrected chi connectivity index (χ4v) is 2.44. The summed E-state index contributed by atoms with van der Waals surface area (Å²) in [5, 5.41) is 9.70. The molecule has 140 valence electrons. The first-order valence-corrected chi connectivity index (χ1v) is 7.20. The van der Waals surface area contributed by atoms with Crippen LogP contribution in [0, 0.1) is 0 Å². The molecule has 0 saturated heterocycles. The van der Waals surface area contributed by atoms with E-state index in [0.717, 1.165) is 6.07 Å². The fraction of sp³-hybridized carbons (Fsp3) is 0.462. The van der Waals surface area contributed by atoms with Gasteiger partial charge in [0.25, 0.3) is 6.10 Å². The molecule has 12 heteroatoms. The third-order valence-corrected chi connectivity index (χ3v) is 3.69. The minimum Gasteiger partial charge on any atom is -0.507 e. The molecule has 1 aromatic carbocycles. The zero-order valence-electron chi connectivity index (χ0n) is 12.4. The van der Waals surface area contributed by atoms with E-state index < -0.39 is 51.7 Å². The number of rotatable bonds is 2. The summed E-state index contributed by atoms with van der Waals surface area (Å²) in [6, 6.07) is 0.982. The summed E-state index contributed by atoms with van der Waals surface area (Å²) in [6.07, 6.45) is -16.1. The molecule has 1 aromatic rings. The van der Waals surface area contributed by atoms with Gasteiger partial charge in [0.1, 0.15) is 11.3 Å². The van der Waals surface area contributed by atoms with Crippen LogP contribution < -0.4 is 9.47 Å². The summed E-state index contributed by atoms with van der Waals surface area (Å²) in [7, 11) is 0. The van der Waals surface area contributed by atoms with Gasteiger partial charge in [-0.2, -0.15) is 26.3 Å². The average molecular weight is 439 g/mol. The van der Waals surface area contributed by atoms with Crippen molar-refractivity contribution in [3.8, 4) is 17.2 Å². The number of fused-ring (bicyclic) bond motifs is 1. The van der Waals surface area contributed by atoms with Crippen molar-refractivity contribution in [2.75, 3.05) is 0 Å². The number of alkyl halides is 6. The Balaban J connectivity index is 2.48. The minimum atomic E-state index is -5.88. The molecular weight excluding hydrogens is 430 g/mol. The van der Waals surface area contributed by atoms with Crippen LogP contribution in [0.3, 0.4) is 0 Å². The molecule has 0 fully saturated rings. The Bertz CT molecular complexity index is 698. The molecule has 0 aliphatic carbocycles. The molecule has 1 aliphatic heterocycles. The van der Waals surface area contributed by atoms with E-state index in [4.69, 9.17) is 9.47 Å². The van der Waals surface area contributed by atoms with E-state index in [1.807, 2.05) is 0 Å². The number of halogens is 7. The zero-order valence-corrected chi connectivity index (χ0v) is 14.0. The lowest BCUT2D eigenvalue weighted by Crippen LogP contribution is -2.45. The fourth-order valence-electron chi connectivity index (χ4n) is 1.98. The summed E-state index contributed by atoms with van der Waals surface area (Å²) in [5.41, 5.74) is -0.862. The van der Waals surface area contributed by atoms with Gasteiger partial charge in [0.2, 0.25) is 5.79 Å². The predicted molar refractivity (Wildman–Crippen MR) is 72.5 cm³/mol. The third kappa shape index (κ3) is 3.88. The lowest BCUT2D eigenvalue weighted by molar-refractivity contribution is -0.307. The normalized spacial score (nSPS) is 16.2. The number of hydrogen-bond donors (Lipinski definition) is 1. The second-order valence-corrected chi connectivity index (χ2v) is 6.18. The number of aromatic hydroxyl groups is 1. The molecule has 5 nitrogen and oxygen atoms in total. The smallest absolute Gasteiger partial charge is 0.434 e. The van der Waals surface area contributed by atoms with Crippen molar-refractivity contribution in [2.45, 2.75) is 38.1 Å². The van der Waals surface area contributed by atoms with Gasteiger partial charge in [0, 0.05) is 19.9 Å². The van der Waals surface area contributed by atoms with Crippen LogP contribution >= 0.6 is 15.9 Å². The monoisotopic (exact) mass is 438 g/mol. The number of phenols is 1. The largest absolute Gasteiger partial charge is 0.507 e. The highest BCUT2D eigenvalue weighted by molar-refractivity contribution is 9.10. The minimum absolute atomic E-state index is 0.242. The Morgan fingerprint density at radius 2 is 1.72 bits per heavy atom. The maximum Gasteiger partial charge on any atom is 0.434 e. The second kappa shape index (κ2) is 5.85. The van der Waals surface area contributed by atoms with Crippen LogP contribution in [0.1, 0.15) is 24.2 Å². The molecule has 0 aromatic heterocycles. The molecule has 0 bridgehead atoms. The van der Waals surface area contributed by atoms with Crippen LogP contribution in [0.2, 0.25) is 0 Å². The molecule has 1 aliphatic rings. The Hall–Kier alpha value is -1.85. The van der Waals surface area contributed by atoms with Gasteiger partial charge in [-0.25, -0.2) is 4.79 Å². The zero-order chi connectivity index (χ0) is 19.4. The van der Waals surface area contributed by atoms with E-state index >= 15 is 0 Å². The van der Waals surface area contributed by atoms with E-state index in [-0.39, 0.29) is 5.75 Å². The standard InChI is InChI=1S/C13H9BrF6O5/c1-11(2)24-5-3-4(21)7(14)6(8(5)25-11)9(22)23-10(12(15,16)17)13(18,19)20/h3,10,21H,1-2H3. The Morgan fingerprint density at radius 3 is 2.20 bits per heavy atom. The van der Waals surface area contributed by atoms with E-state index in [2.05, 4.69) is 20.7 Å². The number of carbonyl (C=O) groups is 1. The Morgan fingerprint density at radius 1 is 1.20 bits per heavy atom. The van der Waals surface area contributed by atoms with Crippen LogP contribution in [0.25, 0.3) is 0 Å². The molecule has 0 saturated carbocycles. The number of carbonyl (C=O) groups excluding carboxylic acids is 1. The summed E-state index contributed by atoms with van der Waals surface area (Å²) < 4.78 is 88.9. The van der Waals surface area contributed by atoms with Crippen LogP contribution in [-0.2, 0) is 4.74 Å². The first kappa shape index (κ1) is 19.5. The van der Waals surface area contributed by atoms with Gasteiger partial charge in [0.15, 0.2) is 11.5 Å². The molecule has 0 spiro atoms. The van der Waals surface area contributed by atoms with Gasteiger partial charge in [0.05, 0.1) is 4.47 Å². The lowest BCUT2D eigenvalue weighted by atomic mass is 10.1. The van der Waals surface area contributed by atoms with Crippen LogP contribution in [-0.4, -0.2) is 35.3 Å². The Labute approximate surface area is 144 Å². The molecule has 25 heavy (non-hydrogen) atoms. The number of esters is 1. The molecule has 0 radical (unpaired) electrons.